The molecule has 0 aliphatic heterocycles. The molecule has 1 N–H and O–H groups in total. The van der Waals surface area contributed by atoms with E-state index in [-0.39, 0.29) is 24.0 Å². The smallest absolute Gasteiger partial charge is 0.213 e. The van der Waals surface area contributed by atoms with Gasteiger partial charge >= 0.3 is 0 Å². The molecular formula is C16H26ClIN4O2. The third-order valence-corrected chi connectivity index (χ3v) is 3.75. The predicted octanol–water partition coefficient (Wildman–Crippen LogP) is 2.67. The molecule has 0 bridgehead atoms. The number of likely N-dealkylation sites (N-methyl/N-ethyl adjacent to an activating group) is 1. The molecular weight excluding hydrogens is 443 g/mol. The Morgan fingerprint density at radius 1 is 1.42 bits per heavy atom. The van der Waals surface area contributed by atoms with Gasteiger partial charge in [0.15, 0.2) is 5.96 Å². The molecule has 8 heteroatoms. The van der Waals surface area contributed by atoms with Gasteiger partial charge in [-0.2, -0.15) is 0 Å². The first-order chi connectivity index (χ1) is 11.2. The molecule has 0 saturated heterocycles. The predicted molar refractivity (Wildman–Crippen MR) is 108 cm³/mol. The Kier molecular flexibility index (Phi) is 10.4. The summed E-state index contributed by atoms with van der Waals surface area (Å²) in [5.74, 6) is 2.19. The number of halogens is 2. The summed E-state index contributed by atoms with van der Waals surface area (Å²) in [6.07, 6.45) is 4.21. The highest BCUT2D eigenvalue weighted by atomic mass is 127. The van der Waals surface area contributed by atoms with Crippen molar-refractivity contribution in [1.82, 2.24) is 15.2 Å². The van der Waals surface area contributed by atoms with Crippen LogP contribution in [-0.2, 0) is 4.74 Å². The van der Waals surface area contributed by atoms with Gasteiger partial charge in [0.25, 0.3) is 0 Å². The van der Waals surface area contributed by atoms with Crippen LogP contribution in [0.1, 0.15) is 12.8 Å². The van der Waals surface area contributed by atoms with E-state index in [1.54, 1.807) is 25.4 Å². The van der Waals surface area contributed by atoms with Gasteiger partial charge in [0.2, 0.25) is 5.88 Å². The summed E-state index contributed by atoms with van der Waals surface area (Å²) >= 11 is 5.78. The molecule has 1 saturated carbocycles. The summed E-state index contributed by atoms with van der Waals surface area (Å²) in [5.41, 5.74) is 0. The van der Waals surface area contributed by atoms with Gasteiger partial charge in [-0.1, -0.05) is 11.6 Å². The number of rotatable bonds is 9. The number of nitrogens with zero attached hydrogens (tertiary/aromatic N) is 3. The summed E-state index contributed by atoms with van der Waals surface area (Å²) in [6.45, 7) is 3.57. The van der Waals surface area contributed by atoms with E-state index in [0.29, 0.717) is 24.1 Å². The number of aromatic nitrogens is 1. The third kappa shape index (κ3) is 8.34. The van der Waals surface area contributed by atoms with Crippen LogP contribution in [0.4, 0.5) is 0 Å². The summed E-state index contributed by atoms with van der Waals surface area (Å²) in [4.78, 5) is 10.4. The van der Waals surface area contributed by atoms with Crippen LogP contribution in [-0.4, -0.2) is 62.8 Å². The van der Waals surface area contributed by atoms with Gasteiger partial charge in [-0.05, 0) is 24.8 Å². The molecule has 6 nitrogen and oxygen atoms in total. The minimum absolute atomic E-state index is 0. The molecule has 1 aromatic rings. The maximum absolute atomic E-state index is 5.78. The van der Waals surface area contributed by atoms with Gasteiger partial charge in [-0.25, -0.2) is 4.98 Å². The Bertz CT molecular complexity index is 497. The highest BCUT2D eigenvalue weighted by Gasteiger charge is 2.21. The van der Waals surface area contributed by atoms with Crippen LogP contribution in [0.15, 0.2) is 23.3 Å². The van der Waals surface area contributed by atoms with Crippen LogP contribution in [0.2, 0.25) is 5.02 Å². The zero-order chi connectivity index (χ0) is 16.5. The van der Waals surface area contributed by atoms with E-state index in [4.69, 9.17) is 21.1 Å². The van der Waals surface area contributed by atoms with Crippen LogP contribution in [0.25, 0.3) is 0 Å². The average molecular weight is 469 g/mol. The van der Waals surface area contributed by atoms with Crippen molar-refractivity contribution >= 4 is 41.5 Å². The lowest BCUT2D eigenvalue weighted by Gasteiger charge is -2.22. The summed E-state index contributed by atoms with van der Waals surface area (Å²) in [6, 6.07) is 3.51. The van der Waals surface area contributed by atoms with Crippen molar-refractivity contribution in [2.24, 2.45) is 10.9 Å². The summed E-state index contributed by atoms with van der Waals surface area (Å²) in [7, 11) is 3.77. The van der Waals surface area contributed by atoms with E-state index in [2.05, 4.69) is 15.3 Å². The van der Waals surface area contributed by atoms with Crippen molar-refractivity contribution in [3.05, 3.63) is 23.4 Å². The fraction of sp³-hybridized carbons (Fsp3) is 0.625. The van der Waals surface area contributed by atoms with Crippen LogP contribution in [0.5, 0.6) is 5.88 Å². The van der Waals surface area contributed by atoms with E-state index in [9.17, 15) is 0 Å². The quantitative estimate of drug-likeness (QED) is 0.261. The number of pyridine rings is 1. The van der Waals surface area contributed by atoms with Crippen molar-refractivity contribution < 1.29 is 9.47 Å². The lowest BCUT2D eigenvalue weighted by atomic mass is 10.5. The van der Waals surface area contributed by atoms with Crippen molar-refractivity contribution in [2.45, 2.75) is 12.8 Å². The van der Waals surface area contributed by atoms with Gasteiger partial charge in [0.1, 0.15) is 6.61 Å². The molecule has 0 spiro atoms. The standard InChI is InChI=1S/C16H25ClN4O2.HI/c1-18-16(21(2)8-10-22-12-13-3-4-13)19-7-9-23-15-6-5-14(17)11-20-15;/h5-6,11,13H,3-4,7-10,12H2,1-2H3,(H,18,19);1H. The number of nitrogens with one attached hydrogen (secondary N) is 1. The van der Waals surface area contributed by atoms with Crippen molar-refractivity contribution in [2.75, 3.05) is 47.0 Å². The van der Waals surface area contributed by atoms with Crippen molar-refractivity contribution in [3.63, 3.8) is 0 Å². The monoisotopic (exact) mass is 468 g/mol. The fourth-order valence-corrected chi connectivity index (χ4v) is 2.10. The Hall–Kier alpha value is -0.800. The van der Waals surface area contributed by atoms with Crippen LogP contribution < -0.4 is 10.1 Å². The summed E-state index contributed by atoms with van der Waals surface area (Å²) in [5, 5.41) is 3.85. The SMILES string of the molecule is CN=C(NCCOc1ccc(Cl)cn1)N(C)CCOCC1CC1.I. The zero-order valence-corrected chi connectivity index (χ0v) is 17.3. The van der Waals surface area contributed by atoms with E-state index in [1.807, 2.05) is 11.9 Å². The number of ether oxygens (including phenoxy) is 2. The zero-order valence-electron chi connectivity index (χ0n) is 14.2. The molecule has 24 heavy (non-hydrogen) atoms. The van der Waals surface area contributed by atoms with E-state index >= 15 is 0 Å². The number of hydrogen-bond donors (Lipinski definition) is 1. The first-order valence-corrected chi connectivity index (χ1v) is 8.30. The topological polar surface area (TPSA) is 59.0 Å². The second kappa shape index (κ2) is 11.7. The van der Waals surface area contributed by atoms with Gasteiger partial charge < -0.3 is 19.7 Å². The van der Waals surface area contributed by atoms with Gasteiger partial charge in [0, 0.05) is 39.5 Å². The molecule has 1 aliphatic rings. The second-order valence-corrected chi connectivity index (χ2v) is 6.01. The summed E-state index contributed by atoms with van der Waals surface area (Å²) < 4.78 is 11.2. The Morgan fingerprint density at radius 3 is 2.83 bits per heavy atom. The number of guanidine groups is 1. The van der Waals surface area contributed by atoms with Gasteiger partial charge in [-0.15, -0.1) is 24.0 Å². The minimum Gasteiger partial charge on any atom is -0.476 e. The lowest BCUT2D eigenvalue weighted by molar-refractivity contribution is 0.115. The largest absolute Gasteiger partial charge is 0.476 e. The van der Waals surface area contributed by atoms with Gasteiger partial charge in [0.05, 0.1) is 18.2 Å². The maximum atomic E-state index is 5.78. The number of hydrogen-bond acceptors (Lipinski definition) is 4. The fourth-order valence-electron chi connectivity index (χ4n) is 1.99. The highest BCUT2D eigenvalue weighted by molar-refractivity contribution is 14.0. The molecule has 1 aromatic heterocycles. The first kappa shape index (κ1) is 21.2. The number of aliphatic imine (C=N–C) groups is 1. The van der Waals surface area contributed by atoms with Gasteiger partial charge in [-0.3, -0.25) is 4.99 Å². The molecule has 0 atom stereocenters. The molecule has 0 radical (unpaired) electrons. The van der Waals surface area contributed by atoms with Crippen molar-refractivity contribution in [3.8, 4) is 5.88 Å². The third-order valence-electron chi connectivity index (χ3n) is 3.53. The maximum Gasteiger partial charge on any atom is 0.213 e. The van der Waals surface area contributed by atoms with Crippen molar-refractivity contribution in [1.29, 1.82) is 0 Å². The molecule has 0 unspecified atom stereocenters. The van der Waals surface area contributed by atoms with Crippen LogP contribution >= 0.6 is 35.6 Å². The average Bonchev–Trinajstić information content (AvgIpc) is 3.37. The molecule has 1 aliphatic carbocycles. The molecule has 0 aromatic carbocycles. The molecule has 1 heterocycles. The highest BCUT2D eigenvalue weighted by Crippen LogP contribution is 2.28. The molecule has 0 amide bonds. The second-order valence-electron chi connectivity index (χ2n) is 5.58. The minimum atomic E-state index is 0. The molecule has 1 fully saturated rings. The van der Waals surface area contributed by atoms with E-state index in [1.165, 1.54) is 12.8 Å². The molecule has 136 valence electrons. The van der Waals surface area contributed by atoms with E-state index in [0.717, 1.165) is 31.6 Å². The normalized spacial score (nSPS) is 14.0. The van der Waals surface area contributed by atoms with E-state index < -0.39 is 0 Å². The Morgan fingerprint density at radius 2 is 2.21 bits per heavy atom. The first-order valence-electron chi connectivity index (χ1n) is 7.93. The lowest BCUT2D eigenvalue weighted by Crippen LogP contribution is -2.42. The Balaban J connectivity index is 0.00000288. The van der Waals surface area contributed by atoms with Crippen LogP contribution in [0, 0.1) is 5.92 Å². The molecule has 2 rings (SSSR count). The Labute approximate surface area is 166 Å². The van der Waals surface area contributed by atoms with Crippen LogP contribution in [0.3, 0.4) is 0 Å².